The number of nitrogens with zero attached hydrogens (tertiary/aromatic N) is 3. The van der Waals surface area contributed by atoms with Crippen molar-refractivity contribution in [2.75, 3.05) is 32.6 Å². The van der Waals surface area contributed by atoms with E-state index in [1.807, 2.05) is 12.3 Å². The lowest BCUT2D eigenvalue weighted by molar-refractivity contribution is 0.255. The van der Waals surface area contributed by atoms with Gasteiger partial charge in [-0.15, -0.1) is 22.7 Å². The number of likely N-dealkylation sites (tertiary alicyclic amines) is 1. The van der Waals surface area contributed by atoms with E-state index in [4.69, 9.17) is 14.7 Å². The van der Waals surface area contributed by atoms with E-state index in [9.17, 15) is 4.39 Å². The predicted molar refractivity (Wildman–Crippen MR) is 114 cm³/mol. The normalized spacial score (nSPS) is 15.7. The topological polar surface area (TPSA) is 50.3 Å². The van der Waals surface area contributed by atoms with Gasteiger partial charge in [0.05, 0.1) is 34.1 Å². The number of thiazole rings is 2. The molecule has 2 aromatic heterocycles. The maximum atomic E-state index is 13.6. The molecule has 1 saturated heterocycles. The molecule has 28 heavy (non-hydrogen) atoms. The van der Waals surface area contributed by atoms with Crippen LogP contribution in [0.1, 0.15) is 29.5 Å². The summed E-state index contributed by atoms with van der Waals surface area (Å²) in [6.07, 6.45) is 2.32. The van der Waals surface area contributed by atoms with E-state index in [2.05, 4.69) is 17.3 Å². The number of ether oxygens (including phenoxy) is 1. The monoisotopic (exact) mass is 418 g/mol. The van der Waals surface area contributed by atoms with Gasteiger partial charge < -0.3 is 15.0 Å². The van der Waals surface area contributed by atoms with Crippen molar-refractivity contribution in [3.8, 4) is 16.3 Å². The second kappa shape index (κ2) is 8.14. The Bertz CT molecular complexity index is 963. The van der Waals surface area contributed by atoms with E-state index in [0.29, 0.717) is 22.5 Å². The highest BCUT2D eigenvalue weighted by molar-refractivity contribution is 7.17. The molecule has 148 valence electrons. The Morgan fingerprint density at radius 3 is 2.79 bits per heavy atom. The molecule has 1 N–H and O–H groups in total. The fraction of sp³-hybridized carbons (Fsp3) is 0.400. The highest BCUT2D eigenvalue weighted by Gasteiger charge is 2.23. The summed E-state index contributed by atoms with van der Waals surface area (Å²) in [7, 11) is 3.74. The van der Waals surface area contributed by atoms with Gasteiger partial charge in [0.2, 0.25) is 0 Å². The number of hydrogen-bond donors (Lipinski definition) is 1. The number of anilines is 2. The largest absolute Gasteiger partial charge is 0.495 e. The lowest BCUT2D eigenvalue weighted by Crippen LogP contribution is -2.29. The smallest absolute Gasteiger partial charge is 0.187 e. The van der Waals surface area contributed by atoms with Gasteiger partial charge in [0, 0.05) is 17.4 Å². The molecule has 0 aliphatic carbocycles. The van der Waals surface area contributed by atoms with Crippen molar-refractivity contribution in [2.24, 2.45) is 0 Å². The molecule has 1 aliphatic rings. The van der Waals surface area contributed by atoms with Crippen LogP contribution >= 0.6 is 22.7 Å². The number of aromatic nitrogens is 2. The van der Waals surface area contributed by atoms with Crippen LogP contribution < -0.4 is 10.1 Å². The number of nitrogens with one attached hydrogen (secondary N) is 1. The van der Waals surface area contributed by atoms with E-state index >= 15 is 0 Å². The van der Waals surface area contributed by atoms with Crippen molar-refractivity contribution >= 4 is 33.5 Å². The molecule has 3 aromatic rings. The first-order valence-corrected chi connectivity index (χ1v) is 11.0. The van der Waals surface area contributed by atoms with Crippen LogP contribution in [0.2, 0.25) is 0 Å². The summed E-state index contributed by atoms with van der Waals surface area (Å²) in [6.45, 7) is 4.30. The number of hydrogen-bond acceptors (Lipinski definition) is 7. The van der Waals surface area contributed by atoms with Crippen LogP contribution in [0.25, 0.3) is 10.6 Å². The van der Waals surface area contributed by atoms with Gasteiger partial charge in [-0.1, -0.05) is 0 Å². The molecule has 1 fully saturated rings. The Labute approximate surface area is 172 Å². The average molecular weight is 419 g/mol. The summed E-state index contributed by atoms with van der Waals surface area (Å²) in [6, 6.07) is 4.39. The maximum Gasteiger partial charge on any atom is 0.187 e. The molecule has 0 radical (unpaired) electrons. The summed E-state index contributed by atoms with van der Waals surface area (Å²) in [4.78, 5) is 13.0. The first-order valence-electron chi connectivity index (χ1n) is 9.26. The van der Waals surface area contributed by atoms with Crippen LogP contribution in [-0.4, -0.2) is 42.1 Å². The van der Waals surface area contributed by atoms with Crippen LogP contribution in [0.3, 0.4) is 0 Å². The van der Waals surface area contributed by atoms with Gasteiger partial charge >= 0.3 is 0 Å². The fourth-order valence-corrected chi connectivity index (χ4v) is 5.40. The first-order chi connectivity index (χ1) is 13.5. The van der Waals surface area contributed by atoms with Crippen molar-refractivity contribution in [1.82, 2.24) is 14.9 Å². The van der Waals surface area contributed by atoms with E-state index in [1.165, 1.54) is 28.5 Å². The number of benzene rings is 1. The van der Waals surface area contributed by atoms with E-state index in [0.717, 1.165) is 42.2 Å². The van der Waals surface area contributed by atoms with Crippen molar-refractivity contribution in [3.63, 3.8) is 0 Å². The highest BCUT2D eigenvalue weighted by Crippen LogP contribution is 2.39. The van der Waals surface area contributed by atoms with Crippen molar-refractivity contribution < 1.29 is 9.13 Å². The molecule has 5 nitrogen and oxygen atoms in total. The minimum absolute atomic E-state index is 0.318. The number of halogens is 1. The van der Waals surface area contributed by atoms with E-state index < -0.39 is 0 Å². The molecule has 0 bridgehead atoms. The third-order valence-corrected chi connectivity index (χ3v) is 7.12. The van der Waals surface area contributed by atoms with Crippen LogP contribution in [-0.2, 0) is 0 Å². The molecule has 0 atom stereocenters. The van der Waals surface area contributed by atoms with Crippen LogP contribution in [0, 0.1) is 12.7 Å². The standard InChI is InChI=1S/C20H23FN4OS2/c1-12-18(28-19(22-12)13-6-8-25(2)9-7-13)16-11-27-20(24-16)23-15-10-14(21)4-5-17(15)26-3/h4-5,10-11,13H,6-9H2,1-3H3,(H,23,24). The second-order valence-electron chi connectivity index (χ2n) is 7.05. The molecule has 1 aromatic carbocycles. The van der Waals surface area contributed by atoms with Gasteiger partial charge in [-0.3, -0.25) is 0 Å². The summed E-state index contributed by atoms with van der Waals surface area (Å²) in [5.74, 6) is 0.805. The van der Waals surface area contributed by atoms with Crippen LogP contribution in [0.5, 0.6) is 5.75 Å². The van der Waals surface area contributed by atoms with Crippen LogP contribution in [0.15, 0.2) is 23.6 Å². The lowest BCUT2D eigenvalue weighted by atomic mass is 9.98. The first kappa shape index (κ1) is 19.3. The zero-order chi connectivity index (χ0) is 19.7. The number of aryl methyl sites for hydroxylation is 1. The van der Waals surface area contributed by atoms with Crippen molar-refractivity contribution in [1.29, 1.82) is 0 Å². The number of rotatable bonds is 5. The Morgan fingerprint density at radius 2 is 2.04 bits per heavy atom. The van der Waals surface area contributed by atoms with Crippen LogP contribution in [0.4, 0.5) is 15.2 Å². The molecule has 0 saturated carbocycles. The third kappa shape index (κ3) is 4.04. The third-order valence-electron chi connectivity index (χ3n) is 5.02. The Morgan fingerprint density at radius 1 is 1.25 bits per heavy atom. The molecule has 0 amide bonds. The molecule has 1 aliphatic heterocycles. The average Bonchev–Trinajstić information content (AvgIpc) is 3.29. The minimum Gasteiger partial charge on any atom is -0.495 e. The number of piperidine rings is 1. The summed E-state index contributed by atoms with van der Waals surface area (Å²) in [5.41, 5.74) is 2.51. The maximum absolute atomic E-state index is 13.6. The summed E-state index contributed by atoms with van der Waals surface area (Å²) >= 11 is 3.24. The van der Waals surface area contributed by atoms with Gasteiger partial charge in [0.25, 0.3) is 0 Å². The van der Waals surface area contributed by atoms with E-state index in [1.54, 1.807) is 24.5 Å². The molecular weight excluding hydrogens is 395 g/mol. The zero-order valence-corrected chi connectivity index (χ0v) is 17.8. The van der Waals surface area contributed by atoms with E-state index in [-0.39, 0.29) is 5.82 Å². The molecule has 8 heteroatoms. The fourth-order valence-electron chi connectivity index (χ4n) is 3.41. The zero-order valence-electron chi connectivity index (χ0n) is 16.2. The molecule has 0 unspecified atom stereocenters. The van der Waals surface area contributed by atoms with Gasteiger partial charge in [0.1, 0.15) is 11.6 Å². The molecular formula is C20H23FN4OS2. The molecule has 4 rings (SSSR count). The Balaban J connectivity index is 1.54. The number of methoxy groups -OCH3 is 1. The minimum atomic E-state index is -0.318. The SMILES string of the molecule is COc1ccc(F)cc1Nc1nc(-c2sc(C3CCN(C)CC3)nc2C)cs1. The Kier molecular flexibility index (Phi) is 5.61. The van der Waals surface area contributed by atoms with Gasteiger partial charge in [-0.2, -0.15) is 0 Å². The Hall–Kier alpha value is -2.03. The molecule has 3 heterocycles. The predicted octanol–water partition coefficient (Wildman–Crippen LogP) is 5.28. The van der Waals surface area contributed by atoms with Crippen molar-refractivity contribution in [2.45, 2.75) is 25.7 Å². The second-order valence-corrected chi connectivity index (χ2v) is 8.94. The summed E-state index contributed by atoms with van der Waals surface area (Å²) < 4.78 is 18.9. The van der Waals surface area contributed by atoms with Gasteiger partial charge in [0.15, 0.2) is 5.13 Å². The molecule has 0 spiro atoms. The summed E-state index contributed by atoms with van der Waals surface area (Å²) in [5, 5.41) is 7.11. The lowest BCUT2D eigenvalue weighted by Gasteiger charge is -2.27. The van der Waals surface area contributed by atoms with Gasteiger partial charge in [-0.25, -0.2) is 14.4 Å². The quantitative estimate of drug-likeness (QED) is 0.611. The van der Waals surface area contributed by atoms with Crippen molar-refractivity contribution in [3.05, 3.63) is 40.1 Å². The highest BCUT2D eigenvalue weighted by atomic mass is 32.1. The van der Waals surface area contributed by atoms with Gasteiger partial charge in [-0.05, 0) is 52.0 Å².